The standard InChI is InChI=1S/C92H154N4S2/c1-5-9-13-17-21-25-29-33-37-41-45-49-53-57-61-65-73-91(74-66-62-58-54-50-46-42-38-34-30-26-22-18-14-10-6-2)81-69-71-85-89(95-97-93-85)87(81)79-78-84-80(77-83(79)91)88-82(70-72-86-90(88)96-98-94-86)92(84,75-67-63-59-55-51-47-43-39-35-31-27-23-19-15-11-7-3)76-68-64-60-56-52-48-44-40-36-32-28-24-20-16-12-8-4/h69-72,77-78H,5-68,73-76H2,1-4H3. The molecule has 0 aliphatic heterocycles. The Morgan fingerprint density at radius 3 is 0.592 bits per heavy atom. The molecule has 0 fully saturated rings. The maximum atomic E-state index is 5.28. The molecule has 2 heterocycles. The molecule has 3 aromatic carbocycles. The van der Waals surface area contributed by atoms with Gasteiger partial charge in [0.1, 0.15) is 22.1 Å². The summed E-state index contributed by atoms with van der Waals surface area (Å²) < 4.78 is 20.6. The summed E-state index contributed by atoms with van der Waals surface area (Å²) in [5.74, 6) is 0. The summed E-state index contributed by atoms with van der Waals surface area (Å²) in [5, 5.41) is 0. The van der Waals surface area contributed by atoms with Crippen LogP contribution < -0.4 is 0 Å². The van der Waals surface area contributed by atoms with E-state index in [2.05, 4.69) is 64.1 Å². The predicted molar refractivity (Wildman–Crippen MR) is 437 cm³/mol. The third-order valence-electron chi connectivity index (χ3n) is 24.4. The van der Waals surface area contributed by atoms with Crippen molar-refractivity contribution in [1.82, 2.24) is 17.5 Å². The van der Waals surface area contributed by atoms with Crippen molar-refractivity contribution < 1.29 is 0 Å². The monoisotopic (exact) mass is 1380 g/mol. The maximum Gasteiger partial charge on any atom is 0.112 e. The molecule has 0 spiro atoms. The number of hydrogen-bond acceptors (Lipinski definition) is 6. The number of benzene rings is 3. The smallest absolute Gasteiger partial charge is 0.112 e. The number of fused-ring (bicyclic) bond motifs is 10. The van der Waals surface area contributed by atoms with Crippen LogP contribution in [0.1, 0.15) is 487 Å². The first-order valence-electron chi connectivity index (χ1n) is 44.3. The van der Waals surface area contributed by atoms with Gasteiger partial charge in [0.2, 0.25) is 0 Å². The van der Waals surface area contributed by atoms with E-state index < -0.39 is 0 Å². The van der Waals surface area contributed by atoms with Crippen molar-refractivity contribution >= 4 is 45.5 Å². The van der Waals surface area contributed by atoms with Crippen LogP contribution in [-0.2, 0) is 10.8 Å². The van der Waals surface area contributed by atoms with Crippen molar-refractivity contribution in [3.8, 4) is 22.3 Å². The zero-order valence-corrected chi connectivity index (χ0v) is 66.8. The Morgan fingerprint density at radius 1 is 0.214 bits per heavy atom. The third-order valence-corrected chi connectivity index (χ3v) is 25.5. The Bertz CT molecular complexity index is 2490. The fourth-order valence-electron chi connectivity index (χ4n) is 18.4. The van der Waals surface area contributed by atoms with Crippen molar-refractivity contribution in [3.05, 3.63) is 58.7 Å². The van der Waals surface area contributed by atoms with E-state index in [0.29, 0.717) is 0 Å². The molecule has 6 heteroatoms. The molecule has 7 rings (SSSR count). The van der Waals surface area contributed by atoms with E-state index in [1.165, 1.54) is 482 Å². The zero-order valence-electron chi connectivity index (χ0n) is 65.2. The molecule has 5 aromatic rings. The second-order valence-corrected chi connectivity index (χ2v) is 33.6. The van der Waals surface area contributed by atoms with Crippen molar-refractivity contribution in [2.24, 2.45) is 0 Å². The Kier molecular flexibility index (Phi) is 44.1. The second-order valence-electron chi connectivity index (χ2n) is 32.6. The third kappa shape index (κ3) is 28.4. The maximum absolute atomic E-state index is 5.28. The largest absolute Gasteiger partial charge is 0.173 e. The average Bonchev–Trinajstić information content (AvgIpc) is 1.52. The van der Waals surface area contributed by atoms with Gasteiger partial charge in [-0.15, -0.1) is 0 Å². The Balaban J connectivity index is 1.07. The summed E-state index contributed by atoms with van der Waals surface area (Å²) in [4.78, 5) is 0. The minimum atomic E-state index is -0.0368. The number of hydrogen-bond donors (Lipinski definition) is 0. The lowest BCUT2D eigenvalue weighted by molar-refractivity contribution is 0.393. The van der Waals surface area contributed by atoms with Gasteiger partial charge in [-0.05, 0) is 83.3 Å². The highest BCUT2D eigenvalue weighted by Crippen LogP contribution is 2.62. The molecular weight excluding hydrogens is 1230 g/mol. The summed E-state index contributed by atoms with van der Waals surface area (Å²) in [6.07, 6.45) is 95.2. The van der Waals surface area contributed by atoms with E-state index in [9.17, 15) is 0 Å². The summed E-state index contributed by atoms with van der Waals surface area (Å²) in [5.41, 5.74) is 16.7. The minimum Gasteiger partial charge on any atom is -0.173 e. The fourth-order valence-corrected chi connectivity index (χ4v) is 19.5. The first kappa shape index (κ1) is 82.6. The first-order valence-corrected chi connectivity index (χ1v) is 45.8. The van der Waals surface area contributed by atoms with Gasteiger partial charge >= 0.3 is 0 Å². The highest BCUT2D eigenvalue weighted by molar-refractivity contribution is 7.00. The summed E-state index contributed by atoms with van der Waals surface area (Å²) in [6, 6.07) is 15.5. The summed E-state index contributed by atoms with van der Waals surface area (Å²) in [7, 11) is 0. The van der Waals surface area contributed by atoms with Crippen molar-refractivity contribution in [2.75, 3.05) is 0 Å². The zero-order chi connectivity index (χ0) is 68.5. The highest BCUT2D eigenvalue weighted by atomic mass is 32.1. The van der Waals surface area contributed by atoms with Gasteiger partial charge in [-0.2, -0.15) is 17.5 Å². The van der Waals surface area contributed by atoms with E-state index in [1.807, 2.05) is 0 Å². The molecule has 0 unspecified atom stereocenters. The van der Waals surface area contributed by atoms with Crippen LogP contribution in [0.2, 0.25) is 0 Å². The molecule has 0 saturated heterocycles. The van der Waals surface area contributed by atoms with Gasteiger partial charge in [-0.25, -0.2) is 0 Å². The molecule has 98 heavy (non-hydrogen) atoms. The fraction of sp³-hybridized carbons (Fsp3) is 0.804. The number of aromatic nitrogens is 4. The molecule has 0 bridgehead atoms. The summed E-state index contributed by atoms with van der Waals surface area (Å²) in [6.45, 7) is 9.32. The average molecular weight is 1380 g/mol. The van der Waals surface area contributed by atoms with Gasteiger partial charge in [0.05, 0.1) is 23.5 Å². The van der Waals surface area contributed by atoms with E-state index in [4.69, 9.17) is 17.5 Å². The van der Waals surface area contributed by atoms with Gasteiger partial charge in [0.15, 0.2) is 0 Å². The molecule has 2 aliphatic rings. The quantitative estimate of drug-likeness (QED) is 0.0364. The molecule has 4 nitrogen and oxygen atoms in total. The molecule has 0 radical (unpaired) electrons. The topological polar surface area (TPSA) is 51.6 Å². The molecule has 0 N–H and O–H groups in total. The Hall–Kier alpha value is -2.70. The van der Waals surface area contributed by atoms with Crippen LogP contribution in [-0.4, -0.2) is 17.5 Å². The van der Waals surface area contributed by atoms with Gasteiger partial charge in [0, 0.05) is 22.0 Å². The number of rotatable bonds is 68. The molecule has 2 aromatic heterocycles. The molecule has 2 aliphatic carbocycles. The van der Waals surface area contributed by atoms with Gasteiger partial charge in [-0.1, -0.05) is 451 Å². The lowest BCUT2D eigenvalue weighted by Gasteiger charge is -2.35. The van der Waals surface area contributed by atoms with Crippen molar-refractivity contribution in [3.63, 3.8) is 0 Å². The molecular formula is C92H154N4S2. The number of unbranched alkanes of at least 4 members (excludes halogenated alkanes) is 60. The van der Waals surface area contributed by atoms with Gasteiger partial charge in [-0.3, -0.25) is 0 Å². The van der Waals surface area contributed by atoms with Crippen molar-refractivity contribution in [2.45, 2.75) is 475 Å². The predicted octanol–water partition coefficient (Wildman–Crippen LogP) is 32.8. The van der Waals surface area contributed by atoms with Gasteiger partial charge < -0.3 is 0 Å². The lowest BCUT2D eigenvalue weighted by atomic mass is 9.68. The van der Waals surface area contributed by atoms with Gasteiger partial charge in [0.25, 0.3) is 0 Å². The highest BCUT2D eigenvalue weighted by Gasteiger charge is 2.49. The molecule has 0 amide bonds. The minimum absolute atomic E-state index is 0.0368. The van der Waals surface area contributed by atoms with Crippen LogP contribution in [0.15, 0.2) is 36.4 Å². The number of nitrogens with zero attached hydrogens (tertiary/aromatic N) is 4. The summed E-state index contributed by atoms with van der Waals surface area (Å²) >= 11 is 2.87. The van der Waals surface area contributed by atoms with Crippen LogP contribution in [0.3, 0.4) is 0 Å². The molecule has 0 saturated carbocycles. The van der Waals surface area contributed by atoms with E-state index in [-0.39, 0.29) is 10.8 Å². The van der Waals surface area contributed by atoms with Crippen LogP contribution in [0.4, 0.5) is 0 Å². The van der Waals surface area contributed by atoms with Crippen LogP contribution in [0, 0.1) is 0 Å². The second kappa shape index (κ2) is 52.3. The SMILES string of the molecule is CCCCCCCCCCCCCCCCCCC1(CCCCCCCCCCCCCCCCCC)c2cc3c(cc2-c2c1ccc1nsnc21)C(CCCCCCCCCCCCCCCCCC)(CCCCCCCCCCCCCCCCCC)c1ccc2nsnc2c1-3. The normalized spacial score (nSPS) is 13.6. The Morgan fingerprint density at radius 2 is 0.398 bits per heavy atom. The van der Waals surface area contributed by atoms with Crippen LogP contribution in [0.25, 0.3) is 44.3 Å². The molecule has 0 atom stereocenters. The Labute approximate surface area is 615 Å². The van der Waals surface area contributed by atoms with E-state index in [0.717, 1.165) is 22.1 Å². The van der Waals surface area contributed by atoms with Crippen LogP contribution >= 0.6 is 23.5 Å². The van der Waals surface area contributed by atoms with E-state index >= 15 is 0 Å². The first-order chi connectivity index (χ1) is 48.6. The molecule has 554 valence electrons. The van der Waals surface area contributed by atoms with Crippen molar-refractivity contribution in [1.29, 1.82) is 0 Å². The van der Waals surface area contributed by atoms with Crippen LogP contribution in [0.5, 0.6) is 0 Å². The lowest BCUT2D eigenvalue weighted by Crippen LogP contribution is -2.27. The van der Waals surface area contributed by atoms with E-state index in [1.54, 1.807) is 22.3 Å².